The highest BCUT2D eigenvalue weighted by atomic mass is 35.5. The van der Waals surface area contributed by atoms with Crippen LogP contribution in [-0.2, 0) is 10.9 Å². The number of alkyl halides is 3. The molecule has 2 aromatic rings. The lowest BCUT2D eigenvalue weighted by Crippen LogP contribution is -2.39. The number of nitrogens with zero attached hydrogens (tertiary/aromatic N) is 3. The molecule has 4 nitrogen and oxygen atoms in total. The molecule has 25 heavy (non-hydrogen) atoms. The smallest absolute Gasteiger partial charge is 0.370 e. The van der Waals surface area contributed by atoms with Crippen LogP contribution < -0.4 is 4.90 Å². The Morgan fingerprint density at radius 1 is 1.20 bits per heavy atom. The van der Waals surface area contributed by atoms with Crippen molar-refractivity contribution < 1.29 is 22.3 Å². The van der Waals surface area contributed by atoms with E-state index in [9.17, 15) is 17.6 Å². The van der Waals surface area contributed by atoms with Gasteiger partial charge in [-0.15, -0.1) is 0 Å². The molecular weight excluding hydrogens is 385 g/mol. The van der Waals surface area contributed by atoms with Crippen LogP contribution in [0.4, 0.5) is 23.5 Å². The van der Waals surface area contributed by atoms with Gasteiger partial charge in [0.25, 0.3) is 0 Å². The van der Waals surface area contributed by atoms with Gasteiger partial charge in [-0.05, 0) is 18.2 Å². The third-order valence-corrected chi connectivity index (χ3v) is 4.29. The van der Waals surface area contributed by atoms with Crippen LogP contribution in [0.1, 0.15) is 17.4 Å². The van der Waals surface area contributed by atoms with Crippen LogP contribution in [-0.4, -0.2) is 29.7 Å². The number of aromatic nitrogens is 2. The maximum Gasteiger partial charge on any atom is 0.433 e. The minimum absolute atomic E-state index is 0.0753. The van der Waals surface area contributed by atoms with E-state index in [0.29, 0.717) is 12.1 Å². The Kier molecular flexibility index (Phi) is 5.04. The van der Waals surface area contributed by atoms with E-state index in [4.69, 9.17) is 27.9 Å². The first-order valence-corrected chi connectivity index (χ1v) is 7.92. The number of benzene rings is 1. The lowest BCUT2D eigenvalue weighted by atomic mass is 10.1. The third kappa shape index (κ3) is 3.96. The zero-order valence-corrected chi connectivity index (χ0v) is 14.0. The van der Waals surface area contributed by atoms with Crippen LogP contribution in [0.3, 0.4) is 0 Å². The van der Waals surface area contributed by atoms with Crippen molar-refractivity contribution in [2.45, 2.75) is 12.3 Å². The van der Waals surface area contributed by atoms with Crippen molar-refractivity contribution in [2.24, 2.45) is 0 Å². The molecule has 1 aliphatic rings. The highest BCUT2D eigenvalue weighted by Gasteiger charge is 2.34. The van der Waals surface area contributed by atoms with E-state index in [1.165, 1.54) is 11.0 Å². The summed E-state index contributed by atoms with van der Waals surface area (Å²) < 4.78 is 57.7. The molecule has 1 aromatic carbocycles. The molecule has 1 saturated heterocycles. The molecule has 1 aliphatic heterocycles. The molecule has 0 saturated carbocycles. The van der Waals surface area contributed by atoms with Crippen LogP contribution in [0, 0.1) is 5.82 Å². The fourth-order valence-corrected chi connectivity index (χ4v) is 2.97. The molecule has 0 bridgehead atoms. The Balaban J connectivity index is 1.86. The summed E-state index contributed by atoms with van der Waals surface area (Å²) in [5, 5.41) is 0.0887. The molecule has 0 aliphatic carbocycles. The average molecular weight is 396 g/mol. The second-order valence-corrected chi connectivity index (χ2v) is 6.15. The van der Waals surface area contributed by atoms with Gasteiger partial charge in [-0.1, -0.05) is 23.2 Å². The number of hydrogen-bond donors (Lipinski definition) is 0. The average Bonchev–Trinajstić information content (AvgIpc) is 2.57. The van der Waals surface area contributed by atoms with Gasteiger partial charge in [0.05, 0.1) is 18.2 Å². The molecule has 1 aromatic heterocycles. The predicted molar refractivity (Wildman–Crippen MR) is 84.4 cm³/mol. The van der Waals surface area contributed by atoms with Crippen LogP contribution >= 0.6 is 23.2 Å². The zero-order valence-electron chi connectivity index (χ0n) is 12.5. The van der Waals surface area contributed by atoms with Crippen molar-refractivity contribution >= 4 is 29.2 Å². The summed E-state index contributed by atoms with van der Waals surface area (Å²) in [6, 6.07) is 3.22. The summed E-state index contributed by atoms with van der Waals surface area (Å²) in [7, 11) is 0. The normalized spacial score (nSPS) is 18.5. The standard InChI is InChI=1S/C15H11Cl2F4N3O/c16-9-6-10(17)11(18)5-8(9)12-7-24(3-4-25-12)14-22-2-1-13(23-14)15(19,20)21/h1-2,5-6,12H,3-4,7H2. The largest absolute Gasteiger partial charge is 0.433 e. The summed E-state index contributed by atoms with van der Waals surface area (Å²) >= 11 is 11.8. The molecule has 3 rings (SSSR count). The van der Waals surface area contributed by atoms with Crippen molar-refractivity contribution in [2.75, 3.05) is 24.6 Å². The minimum Gasteiger partial charge on any atom is -0.370 e. The lowest BCUT2D eigenvalue weighted by molar-refractivity contribution is -0.141. The SMILES string of the molecule is Fc1cc(C2CN(c3nccc(C(F)(F)F)n3)CCO2)c(Cl)cc1Cl. The van der Waals surface area contributed by atoms with E-state index < -0.39 is 23.8 Å². The quantitative estimate of drug-likeness (QED) is 0.553. The van der Waals surface area contributed by atoms with Crippen LogP contribution in [0.5, 0.6) is 0 Å². The number of hydrogen-bond acceptors (Lipinski definition) is 4. The van der Waals surface area contributed by atoms with Gasteiger partial charge in [0.2, 0.25) is 5.95 Å². The van der Waals surface area contributed by atoms with Crippen molar-refractivity contribution in [3.8, 4) is 0 Å². The highest BCUT2D eigenvalue weighted by molar-refractivity contribution is 6.35. The predicted octanol–water partition coefficient (Wildman–Crippen LogP) is 4.52. The molecule has 0 radical (unpaired) electrons. The van der Waals surface area contributed by atoms with Gasteiger partial charge >= 0.3 is 6.18 Å². The van der Waals surface area contributed by atoms with Gasteiger partial charge in [0.1, 0.15) is 17.6 Å². The van der Waals surface area contributed by atoms with E-state index in [0.717, 1.165) is 18.3 Å². The summed E-state index contributed by atoms with van der Waals surface area (Å²) in [6.45, 7) is 0.623. The molecule has 0 amide bonds. The van der Waals surface area contributed by atoms with Gasteiger partial charge in [-0.2, -0.15) is 13.2 Å². The molecule has 10 heteroatoms. The summed E-state index contributed by atoms with van der Waals surface area (Å²) in [6.07, 6.45) is -4.16. The lowest BCUT2D eigenvalue weighted by Gasteiger charge is -2.33. The Bertz CT molecular complexity index is 788. The van der Waals surface area contributed by atoms with Crippen molar-refractivity contribution in [1.82, 2.24) is 9.97 Å². The van der Waals surface area contributed by atoms with Crippen LogP contribution in [0.2, 0.25) is 10.0 Å². The fraction of sp³-hybridized carbons (Fsp3) is 0.333. The van der Waals surface area contributed by atoms with E-state index in [1.807, 2.05) is 0 Å². The van der Waals surface area contributed by atoms with Crippen molar-refractivity contribution in [3.63, 3.8) is 0 Å². The maximum absolute atomic E-state index is 13.7. The molecule has 0 N–H and O–H groups in total. The summed E-state index contributed by atoms with van der Waals surface area (Å²) in [5.74, 6) is -0.731. The Hall–Kier alpha value is -1.64. The molecule has 0 spiro atoms. The van der Waals surface area contributed by atoms with Crippen LogP contribution in [0.15, 0.2) is 24.4 Å². The monoisotopic (exact) mass is 395 g/mol. The Morgan fingerprint density at radius 3 is 2.68 bits per heavy atom. The van der Waals surface area contributed by atoms with Crippen LogP contribution in [0.25, 0.3) is 0 Å². The maximum atomic E-state index is 13.7. The zero-order chi connectivity index (χ0) is 18.2. The second-order valence-electron chi connectivity index (χ2n) is 5.33. The van der Waals surface area contributed by atoms with Gasteiger partial charge in [0.15, 0.2) is 0 Å². The fourth-order valence-electron chi connectivity index (χ4n) is 2.46. The van der Waals surface area contributed by atoms with Gasteiger partial charge < -0.3 is 9.64 Å². The van der Waals surface area contributed by atoms with E-state index in [-0.39, 0.29) is 29.1 Å². The summed E-state index contributed by atoms with van der Waals surface area (Å²) in [4.78, 5) is 8.98. The first kappa shape index (κ1) is 18.2. The van der Waals surface area contributed by atoms with E-state index in [2.05, 4.69) is 9.97 Å². The van der Waals surface area contributed by atoms with Gasteiger partial charge in [-0.25, -0.2) is 14.4 Å². The number of anilines is 1. The van der Waals surface area contributed by atoms with Gasteiger partial charge in [-0.3, -0.25) is 0 Å². The van der Waals surface area contributed by atoms with E-state index in [1.54, 1.807) is 0 Å². The van der Waals surface area contributed by atoms with Crippen molar-refractivity contribution in [3.05, 3.63) is 51.5 Å². The number of halogens is 6. The Labute approximate surface area is 150 Å². The number of rotatable bonds is 2. The molecule has 134 valence electrons. The number of ether oxygens (including phenoxy) is 1. The van der Waals surface area contributed by atoms with Crippen molar-refractivity contribution in [1.29, 1.82) is 0 Å². The molecule has 1 unspecified atom stereocenters. The molecule has 2 heterocycles. The van der Waals surface area contributed by atoms with E-state index >= 15 is 0 Å². The first-order valence-electron chi connectivity index (χ1n) is 7.17. The second kappa shape index (κ2) is 6.93. The molecule has 1 atom stereocenters. The minimum atomic E-state index is -4.56. The third-order valence-electron chi connectivity index (χ3n) is 3.67. The topological polar surface area (TPSA) is 38.2 Å². The highest BCUT2D eigenvalue weighted by Crippen LogP contribution is 2.33. The Morgan fingerprint density at radius 2 is 1.96 bits per heavy atom. The first-order chi connectivity index (χ1) is 11.8. The molecule has 1 fully saturated rings. The molecular formula is C15H11Cl2F4N3O. The van der Waals surface area contributed by atoms with Gasteiger partial charge in [0, 0.05) is 23.3 Å². The summed E-state index contributed by atoms with van der Waals surface area (Å²) in [5.41, 5.74) is -0.670. The number of morpholine rings is 1.